The summed E-state index contributed by atoms with van der Waals surface area (Å²) in [6.45, 7) is 6.69. The Kier molecular flexibility index (Phi) is 7.16. The van der Waals surface area contributed by atoms with Crippen LogP contribution in [0.25, 0.3) is 0 Å². The van der Waals surface area contributed by atoms with Gasteiger partial charge in [0.1, 0.15) is 28.7 Å². The van der Waals surface area contributed by atoms with Crippen LogP contribution in [0.1, 0.15) is 55.1 Å². The summed E-state index contributed by atoms with van der Waals surface area (Å²) in [5.74, 6) is -8.14. The van der Waals surface area contributed by atoms with Crippen LogP contribution in [-0.2, 0) is 22.6 Å². The van der Waals surface area contributed by atoms with Gasteiger partial charge in [0.15, 0.2) is 11.4 Å². The number of fused-ring (bicyclic) bond motifs is 3. The highest BCUT2D eigenvalue weighted by Crippen LogP contribution is 2.52. The number of phenols is 1. The van der Waals surface area contributed by atoms with Gasteiger partial charge in [-0.25, -0.2) is 4.39 Å². The number of carbonyl (C=O) groups excluding carboxylic acids is 3. The van der Waals surface area contributed by atoms with E-state index in [0.29, 0.717) is 6.54 Å². The molecule has 39 heavy (non-hydrogen) atoms. The number of hydrogen-bond acceptors (Lipinski definition) is 9. The summed E-state index contributed by atoms with van der Waals surface area (Å²) >= 11 is 0. The molecule has 3 aliphatic carbocycles. The Balaban J connectivity index is 1.79. The van der Waals surface area contributed by atoms with Crippen LogP contribution in [0.2, 0.25) is 0 Å². The minimum absolute atomic E-state index is 0.0379. The van der Waals surface area contributed by atoms with Gasteiger partial charge in [0, 0.05) is 23.6 Å². The molecule has 4 atom stereocenters. The number of likely N-dealkylation sites (N-methyl/N-ethyl adjacent to an activating group) is 1. The Labute approximate surface area is 226 Å². The number of primary amides is 1. The molecule has 0 unspecified atom stereocenters. The maximum Gasteiger partial charge on any atom is 0.255 e. The van der Waals surface area contributed by atoms with E-state index in [0.717, 1.165) is 6.42 Å². The van der Waals surface area contributed by atoms with Gasteiger partial charge in [-0.1, -0.05) is 20.8 Å². The summed E-state index contributed by atoms with van der Waals surface area (Å²) in [5.41, 5.74) is 1.46. The van der Waals surface area contributed by atoms with Gasteiger partial charge in [0.05, 0.1) is 11.6 Å². The second-order valence-corrected chi connectivity index (χ2v) is 12.2. The molecule has 212 valence electrons. The van der Waals surface area contributed by atoms with E-state index in [2.05, 4.69) is 26.1 Å². The zero-order chi connectivity index (χ0) is 29.2. The first kappa shape index (κ1) is 28.7. The van der Waals surface area contributed by atoms with Crippen LogP contribution in [0.5, 0.6) is 5.75 Å². The van der Waals surface area contributed by atoms with E-state index in [1.54, 1.807) is 14.1 Å². The third-order valence-electron chi connectivity index (χ3n) is 8.12. The summed E-state index contributed by atoms with van der Waals surface area (Å²) in [4.78, 5) is 40.6. The molecule has 4 rings (SSSR count). The fourth-order valence-corrected chi connectivity index (χ4v) is 6.16. The van der Waals surface area contributed by atoms with E-state index in [-0.39, 0.29) is 47.1 Å². The number of allylic oxidation sites excluding steroid dienone is 1. The van der Waals surface area contributed by atoms with Gasteiger partial charge in [0.2, 0.25) is 5.78 Å². The van der Waals surface area contributed by atoms with Crippen LogP contribution < -0.4 is 11.1 Å². The minimum atomic E-state index is -2.71. The van der Waals surface area contributed by atoms with E-state index >= 15 is 4.39 Å². The predicted octanol–water partition coefficient (Wildman–Crippen LogP) is 1.79. The van der Waals surface area contributed by atoms with Crippen LogP contribution >= 0.6 is 0 Å². The van der Waals surface area contributed by atoms with Crippen molar-refractivity contribution >= 4 is 17.5 Å². The number of aliphatic hydroxyl groups excluding tert-OH is 2. The first-order valence-electron chi connectivity index (χ1n) is 12.9. The Morgan fingerprint density at radius 1 is 1.23 bits per heavy atom. The van der Waals surface area contributed by atoms with E-state index in [1.165, 1.54) is 11.0 Å². The van der Waals surface area contributed by atoms with Crippen LogP contribution in [0.4, 0.5) is 4.39 Å². The quantitative estimate of drug-likeness (QED) is 0.230. The Morgan fingerprint density at radius 3 is 2.44 bits per heavy atom. The molecule has 3 aliphatic rings. The molecule has 1 aromatic carbocycles. The lowest BCUT2D eigenvalue weighted by Gasteiger charge is -2.50. The first-order valence-corrected chi connectivity index (χ1v) is 12.9. The highest BCUT2D eigenvalue weighted by Gasteiger charge is 2.63. The van der Waals surface area contributed by atoms with E-state index in [1.807, 2.05) is 0 Å². The molecule has 0 spiro atoms. The molecule has 0 saturated heterocycles. The molecule has 0 fully saturated rings. The molecule has 0 radical (unpaired) electrons. The van der Waals surface area contributed by atoms with Gasteiger partial charge < -0.3 is 31.5 Å². The van der Waals surface area contributed by atoms with Gasteiger partial charge in [-0.2, -0.15) is 0 Å². The van der Waals surface area contributed by atoms with Crippen molar-refractivity contribution in [2.45, 2.75) is 58.2 Å². The maximum atomic E-state index is 15.1. The average Bonchev–Trinajstić information content (AvgIpc) is 2.79. The number of halogens is 1. The number of ketones is 2. The zero-order valence-corrected chi connectivity index (χ0v) is 22.8. The lowest BCUT2D eigenvalue weighted by Crippen LogP contribution is -2.63. The van der Waals surface area contributed by atoms with E-state index in [9.17, 15) is 34.8 Å². The fourth-order valence-electron chi connectivity index (χ4n) is 6.16. The number of phenolic OH excluding ortho intramolecular Hbond substituents is 1. The summed E-state index contributed by atoms with van der Waals surface area (Å²) in [7, 11) is 3.11. The topological polar surface area (TPSA) is 173 Å². The number of rotatable bonds is 6. The van der Waals surface area contributed by atoms with Crippen LogP contribution in [-0.4, -0.2) is 75.1 Å². The van der Waals surface area contributed by atoms with Gasteiger partial charge in [-0.15, -0.1) is 0 Å². The molecule has 0 bridgehead atoms. The zero-order valence-electron chi connectivity index (χ0n) is 22.8. The van der Waals surface area contributed by atoms with E-state index < -0.39 is 69.6 Å². The highest BCUT2D eigenvalue weighted by atomic mass is 19.1. The number of aromatic hydroxyl groups is 1. The van der Waals surface area contributed by atoms with Crippen molar-refractivity contribution in [3.8, 4) is 5.75 Å². The van der Waals surface area contributed by atoms with Crippen molar-refractivity contribution < 1.29 is 39.2 Å². The Hall–Kier alpha value is -3.28. The van der Waals surface area contributed by atoms with Crippen molar-refractivity contribution in [3.63, 3.8) is 0 Å². The predicted molar refractivity (Wildman–Crippen MR) is 139 cm³/mol. The molecule has 10 nitrogen and oxygen atoms in total. The Morgan fingerprint density at radius 2 is 1.87 bits per heavy atom. The number of hydrogen-bond donors (Lipinski definition) is 6. The molecular formula is C28H36FN3O7. The maximum absolute atomic E-state index is 15.1. The Bertz CT molecular complexity index is 1330. The number of Topliss-reactive ketones (excluding diaryl/α,β-unsaturated/α-hetero) is 2. The third kappa shape index (κ3) is 4.52. The molecule has 1 aromatic rings. The van der Waals surface area contributed by atoms with Crippen molar-refractivity contribution in [1.82, 2.24) is 10.2 Å². The fraction of sp³-hybridized carbons (Fsp3) is 0.536. The third-order valence-corrected chi connectivity index (χ3v) is 8.12. The second-order valence-electron chi connectivity index (χ2n) is 12.2. The number of benzene rings is 1. The standard InChI is InChI=1S/C28H36FN3O7/c1-27(2,3)6-7-31-11-14-16(29)10-13-8-12-9-15-20(32(4)5)23(35)19(26(30)38)25(37)28(15,39)24(36)18(12)22(34)17(13)21(14)33/h10,12,15,20,31,33,35-36,39H,6-9,11H2,1-5H3,(H2,30,38)/t12-,15-,20-,28-/m0/s1. The van der Waals surface area contributed by atoms with Gasteiger partial charge in [-0.05, 0) is 62.9 Å². The van der Waals surface area contributed by atoms with Gasteiger partial charge in [0.25, 0.3) is 5.91 Å². The smallest absolute Gasteiger partial charge is 0.255 e. The van der Waals surface area contributed by atoms with Crippen molar-refractivity contribution in [2.75, 3.05) is 20.6 Å². The molecule has 0 saturated carbocycles. The normalized spacial score (nSPS) is 27.0. The summed E-state index contributed by atoms with van der Waals surface area (Å²) in [6, 6.07) is 0.113. The van der Waals surface area contributed by atoms with E-state index in [4.69, 9.17) is 5.73 Å². The first-order chi connectivity index (χ1) is 18.0. The number of carbonyl (C=O) groups is 3. The summed E-state index contributed by atoms with van der Waals surface area (Å²) in [6.07, 6.45) is 0.779. The van der Waals surface area contributed by atoms with Crippen molar-refractivity contribution in [2.24, 2.45) is 23.0 Å². The number of nitrogens with zero attached hydrogens (tertiary/aromatic N) is 1. The van der Waals surface area contributed by atoms with Crippen molar-refractivity contribution in [1.29, 1.82) is 0 Å². The highest BCUT2D eigenvalue weighted by molar-refractivity contribution is 6.24. The monoisotopic (exact) mass is 545 g/mol. The number of amides is 1. The lowest BCUT2D eigenvalue weighted by molar-refractivity contribution is -0.148. The average molecular weight is 546 g/mol. The molecule has 7 N–H and O–H groups in total. The number of nitrogens with two attached hydrogens (primary N) is 1. The summed E-state index contributed by atoms with van der Waals surface area (Å²) < 4.78 is 15.1. The number of aliphatic hydroxyl groups is 3. The second kappa shape index (κ2) is 9.72. The molecular weight excluding hydrogens is 509 g/mol. The molecule has 11 heteroatoms. The SMILES string of the molecule is CN(C)[C@@H]1C(O)=C(C(N)=O)C(=O)[C@@]2(O)C(O)=C3C(=O)c4c(cc(F)c(CNCCC(C)(C)C)c4O)C[C@H]3C[C@@H]12. The van der Waals surface area contributed by atoms with Crippen LogP contribution in [0.15, 0.2) is 28.7 Å². The lowest BCUT2D eigenvalue weighted by atomic mass is 9.58. The molecule has 1 amide bonds. The summed E-state index contributed by atoms with van der Waals surface area (Å²) in [5, 5.41) is 47.8. The molecule has 0 heterocycles. The molecule has 0 aromatic heterocycles. The molecule has 0 aliphatic heterocycles. The van der Waals surface area contributed by atoms with Crippen LogP contribution in [0, 0.1) is 23.1 Å². The number of nitrogens with one attached hydrogen (secondary N) is 1. The van der Waals surface area contributed by atoms with Gasteiger partial charge in [-0.3, -0.25) is 19.3 Å². The van der Waals surface area contributed by atoms with Crippen molar-refractivity contribution in [3.05, 3.63) is 51.2 Å². The van der Waals surface area contributed by atoms with Crippen LogP contribution in [0.3, 0.4) is 0 Å². The van der Waals surface area contributed by atoms with Gasteiger partial charge >= 0.3 is 0 Å². The minimum Gasteiger partial charge on any atom is -0.510 e. The largest absolute Gasteiger partial charge is 0.510 e.